The highest BCUT2D eigenvalue weighted by Gasteiger charge is 2.10. The van der Waals surface area contributed by atoms with Crippen LogP contribution in [0.2, 0.25) is 0 Å². The van der Waals surface area contributed by atoms with Crippen LogP contribution >= 0.6 is 22.9 Å². The van der Waals surface area contributed by atoms with Gasteiger partial charge in [-0.3, -0.25) is 5.10 Å². The zero-order chi connectivity index (χ0) is 9.26. The molecule has 0 bridgehead atoms. The van der Waals surface area contributed by atoms with Crippen molar-refractivity contribution >= 4 is 22.9 Å². The van der Waals surface area contributed by atoms with Gasteiger partial charge in [-0.2, -0.15) is 5.10 Å². The van der Waals surface area contributed by atoms with Gasteiger partial charge in [0.25, 0.3) is 0 Å². The molecule has 0 aromatic carbocycles. The maximum absolute atomic E-state index is 5.86. The van der Waals surface area contributed by atoms with Crippen LogP contribution in [0.5, 0.6) is 0 Å². The van der Waals surface area contributed by atoms with Crippen molar-refractivity contribution in [2.45, 2.75) is 12.3 Å². The van der Waals surface area contributed by atoms with E-state index in [-0.39, 0.29) is 5.38 Å². The van der Waals surface area contributed by atoms with Gasteiger partial charge in [0.05, 0.1) is 17.1 Å². The lowest BCUT2D eigenvalue weighted by atomic mass is 10.4. The van der Waals surface area contributed by atoms with Crippen molar-refractivity contribution in [3.8, 4) is 10.6 Å². The molecule has 2 heterocycles. The first-order valence-corrected chi connectivity index (χ1v) is 4.99. The van der Waals surface area contributed by atoms with E-state index >= 15 is 0 Å². The zero-order valence-electron chi connectivity index (χ0n) is 6.86. The topological polar surface area (TPSA) is 54.5 Å². The summed E-state index contributed by atoms with van der Waals surface area (Å²) in [7, 11) is 0. The van der Waals surface area contributed by atoms with Crippen LogP contribution in [0.3, 0.4) is 0 Å². The largest absolute Gasteiger partial charge is 0.285 e. The molecule has 2 aromatic rings. The molecule has 2 rings (SSSR count). The minimum atomic E-state index is -0.0850. The molecular weight excluding hydrogens is 208 g/mol. The number of nitrogens with one attached hydrogen (secondary N) is 1. The standard InChI is InChI=1S/C7H7ClN4S/c1-4(8)6-11-12-7(13-6)5-2-9-10-3-5/h2-4H,1H3,(H,9,10). The number of hydrogen-bond acceptors (Lipinski definition) is 4. The van der Waals surface area contributed by atoms with Gasteiger partial charge in [-0.1, -0.05) is 11.3 Å². The number of rotatable bonds is 2. The molecule has 2 aromatic heterocycles. The molecule has 0 radical (unpaired) electrons. The Labute approximate surface area is 84.0 Å². The second kappa shape index (κ2) is 3.43. The third kappa shape index (κ3) is 1.71. The van der Waals surface area contributed by atoms with Gasteiger partial charge in [0.15, 0.2) is 5.01 Å². The van der Waals surface area contributed by atoms with Crippen molar-refractivity contribution in [2.24, 2.45) is 0 Å². The van der Waals surface area contributed by atoms with Crippen molar-refractivity contribution < 1.29 is 0 Å². The predicted octanol–water partition coefficient (Wildman–Crippen LogP) is 2.23. The van der Waals surface area contributed by atoms with E-state index in [4.69, 9.17) is 11.6 Å². The summed E-state index contributed by atoms with van der Waals surface area (Å²) in [5.74, 6) is 0. The number of alkyl halides is 1. The summed E-state index contributed by atoms with van der Waals surface area (Å²) in [6, 6.07) is 0. The molecule has 0 fully saturated rings. The van der Waals surface area contributed by atoms with Gasteiger partial charge in [-0.15, -0.1) is 21.8 Å². The average Bonchev–Trinajstić information content (AvgIpc) is 2.75. The van der Waals surface area contributed by atoms with Gasteiger partial charge < -0.3 is 0 Å². The summed E-state index contributed by atoms with van der Waals surface area (Å²) in [6.07, 6.45) is 3.49. The third-order valence-electron chi connectivity index (χ3n) is 1.53. The minimum absolute atomic E-state index is 0.0850. The molecule has 4 nitrogen and oxygen atoms in total. The highest BCUT2D eigenvalue weighted by molar-refractivity contribution is 7.15. The van der Waals surface area contributed by atoms with Crippen LogP contribution in [-0.4, -0.2) is 20.4 Å². The Balaban J connectivity index is 2.33. The smallest absolute Gasteiger partial charge is 0.151 e. The molecule has 1 N–H and O–H groups in total. The number of aromatic nitrogens is 4. The van der Waals surface area contributed by atoms with Crippen molar-refractivity contribution in [1.29, 1.82) is 0 Å². The Kier molecular flexibility index (Phi) is 2.28. The molecule has 0 amide bonds. The zero-order valence-corrected chi connectivity index (χ0v) is 8.43. The summed E-state index contributed by atoms with van der Waals surface area (Å²) in [5, 5.41) is 16.1. The normalized spacial score (nSPS) is 13.1. The number of nitrogens with zero attached hydrogens (tertiary/aromatic N) is 3. The molecule has 1 atom stereocenters. The molecule has 1 unspecified atom stereocenters. The van der Waals surface area contributed by atoms with E-state index in [2.05, 4.69) is 20.4 Å². The Morgan fingerprint density at radius 2 is 2.38 bits per heavy atom. The lowest BCUT2D eigenvalue weighted by molar-refractivity contribution is 0.962. The number of hydrogen-bond donors (Lipinski definition) is 1. The van der Waals surface area contributed by atoms with E-state index in [0.29, 0.717) is 0 Å². The summed E-state index contributed by atoms with van der Waals surface area (Å²) in [4.78, 5) is 0. The first-order valence-electron chi connectivity index (χ1n) is 3.74. The number of H-pyrrole nitrogens is 1. The van der Waals surface area contributed by atoms with Crippen LogP contribution in [-0.2, 0) is 0 Å². The Morgan fingerprint density at radius 3 is 2.92 bits per heavy atom. The van der Waals surface area contributed by atoms with Crippen molar-refractivity contribution in [1.82, 2.24) is 20.4 Å². The summed E-state index contributed by atoms with van der Waals surface area (Å²) >= 11 is 7.35. The van der Waals surface area contributed by atoms with E-state index in [0.717, 1.165) is 15.6 Å². The summed E-state index contributed by atoms with van der Waals surface area (Å²) in [6.45, 7) is 1.88. The van der Waals surface area contributed by atoms with Crippen molar-refractivity contribution in [2.75, 3.05) is 0 Å². The monoisotopic (exact) mass is 214 g/mol. The fourth-order valence-corrected chi connectivity index (χ4v) is 1.81. The lowest BCUT2D eigenvalue weighted by Crippen LogP contribution is -1.80. The molecule has 0 saturated carbocycles. The van der Waals surface area contributed by atoms with E-state index < -0.39 is 0 Å². The highest BCUT2D eigenvalue weighted by atomic mass is 35.5. The highest BCUT2D eigenvalue weighted by Crippen LogP contribution is 2.28. The molecule has 6 heteroatoms. The van der Waals surface area contributed by atoms with Crippen molar-refractivity contribution in [3.63, 3.8) is 0 Å². The fourth-order valence-electron chi connectivity index (χ4n) is 0.880. The second-order valence-electron chi connectivity index (χ2n) is 2.55. The molecule has 0 aliphatic carbocycles. The van der Waals surface area contributed by atoms with Gasteiger partial charge >= 0.3 is 0 Å². The molecule has 68 valence electrons. The van der Waals surface area contributed by atoms with E-state index in [9.17, 15) is 0 Å². The van der Waals surface area contributed by atoms with Crippen LogP contribution in [0, 0.1) is 0 Å². The lowest BCUT2D eigenvalue weighted by Gasteiger charge is -1.90. The molecule has 0 aliphatic heterocycles. The third-order valence-corrected chi connectivity index (χ3v) is 3.02. The minimum Gasteiger partial charge on any atom is -0.285 e. The first kappa shape index (κ1) is 8.65. The fraction of sp³-hybridized carbons (Fsp3) is 0.286. The first-order chi connectivity index (χ1) is 6.27. The number of halogens is 1. The van der Waals surface area contributed by atoms with Gasteiger partial charge in [0, 0.05) is 6.20 Å². The van der Waals surface area contributed by atoms with Crippen LogP contribution in [0.25, 0.3) is 10.6 Å². The van der Waals surface area contributed by atoms with E-state index in [1.165, 1.54) is 11.3 Å². The maximum Gasteiger partial charge on any atom is 0.151 e. The predicted molar refractivity (Wildman–Crippen MR) is 51.8 cm³/mol. The van der Waals surface area contributed by atoms with Crippen molar-refractivity contribution in [3.05, 3.63) is 17.4 Å². The van der Waals surface area contributed by atoms with Crippen LogP contribution in [0.4, 0.5) is 0 Å². The Hall–Kier alpha value is -0.940. The molecule has 0 aliphatic rings. The van der Waals surface area contributed by atoms with Crippen LogP contribution in [0.1, 0.15) is 17.3 Å². The molecule has 0 spiro atoms. The van der Waals surface area contributed by atoms with E-state index in [1.807, 2.05) is 6.92 Å². The maximum atomic E-state index is 5.86. The SMILES string of the molecule is CC(Cl)c1nnc(-c2cn[nH]c2)s1. The summed E-state index contributed by atoms with van der Waals surface area (Å²) in [5.41, 5.74) is 0.945. The van der Waals surface area contributed by atoms with Crippen LogP contribution in [0.15, 0.2) is 12.4 Å². The Bertz CT molecular complexity index is 381. The van der Waals surface area contributed by atoms with Gasteiger partial charge in [0.2, 0.25) is 0 Å². The molecule has 0 saturated heterocycles. The van der Waals surface area contributed by atoms with Gasteiger partial charge in [-0.25, -0.2) is 0 Å². The molecular formula is C7H7ClN4S. The summed E-state index contributed by atoms with van der Waals surface area (Å²) < 4.78 is 0. The van der Waals surface area contributed by atoms with Gasteiger partial charge in [-0.05, 0) is 6.92 Å². The average molecular weight is 215 g/mol. The quantitative estimate of drug-likeness (QED) is 0.780. The van der Waals surface area contributed by atoms with Crippen LogP contribution < -0.4 is 0 Å². The number of aromatic amines is 1. The van der Waals surface area contributed by atoms with E-state index in [1.54, 1.807) is 12.4 Å². The second-order valence-corrected chi connectivity index (χ2v) is 4.21. The Morgan fingerprint density at radius 1 is 1.54 bits per heavy atom. The van der Waals surface area contributed by atoms with Gasteiger partial charge in [0.1, 0.15) is 5.01 Å². The molecule has 13 heavy (non-hydrogen) atoms.